The molecule has 0 spiro atoms. The third-order valence-corrected chi connectivity index (χ3v) is 3.39. The van der Waals surface area contributed by atoms with Crippen LogP contribution in [0.5, 0.6) is 0 Å². The van der Waals surface area contributed by atoms with Crippen LogP contribution in [0.3, 0.4) is 0 Å². The number of rotatable bonds is 3. The van der Waals surface area contributed by atoms with Crippen LogP contribution in [-0.4, -0.2) is 40.9 Å². The second kappa shape index (κ2) is 7.39. The third-order valence-electron chi connectivity index (χ3n) is 3.39. The summed E-state index contributed by atoms with van der Waals surface area (Å²) in [4.78, 5) is 2.21. The number of hydrogen-bond acceptors (Lipinski definition) is 3. The fraction of sp³-hybridized carbons (Fsp3) is 0.500. The minimum Gasteiger partial charge on any atom is -0.395 e. The molecule has 2 rings (SSSR count). The third kappa shape index (κ3) is 4.61. The highest BCUT2D eigenvalue weighted by Crippen LogP contribution is 2.15. The first kappa shape index (κ1) is 15.0. The van der Waals surface area contributed by atoms with Crippen LogP contribution in [0.15, 0.2) is 18.2 Å². The van der Waals surface area contributed by atoms with E-state index in [0.717, 1.165) is 31.5 Å². The first-order valence-electron chi connectivity index (χ1n) is 6.97. The minimum atomic E-state index is -0.284. The first-order valence-corrected chi connectivity index (χ1v) is 6.97. The van der Waals surface area contributed by atoms with Gasteiger partial charge in [0.05, 0.1) is 12.7 Å². The summed E-state index contributed by atoms with van der Waals surface area (Å²) in [6, 6.07) is 4.83. The molecule has 0 aliphatic carbocycles. The highest BCUT2D eigenvalue weighted by Gasteiger charge is 2.17. The molecule has 108 valence electrons. The quantitative estimate of drug-likeness (QED) is 0.823. The molecular weight excluding hydrogens is 257 g/mol. The Morgan fingerprint density at radius 1 is 1.25 bits per heavy atom. The molecule has 0 aromatic heterocycles. The summed E-state index contributed by atoms with van der Waals surface area (Å²) in [5.74, 6) is 5.38. The van der Waals surface area contributed by atoms with Crippen LogP contribution in [0, 0.1) is 17.7 Å². The molecule has 20 heavy (non-hydrogen) atoms. The van der Waals surface area contributed by atoms with E-state index in [1.807, 2.05) is 6.07 Å². The summed E-state index contributed by atoms with van der Waals surface area (Å²) < 4.78 is 13.6. The second-order valence-corrected chi connectivity index (χ2v) is 5.13. The lowest BCUT2D eigenvalue weighted by atomic mass is 10.1. The zero-order chi connectivity index (χ0) is 14.4. The molecule has 1 heterocycles. The van der Waals surface area contributed by atoms with Crippen molar-refractivity contribution in [2.75, 3.05) is 19.7 Å². The van der Waals surface area contributed by atoms with Crippen molar-refractivity contribution < 1.29 is 14.6 Å². The highest BCUT2D eigenvalue weighted by molar-refractivity contribution is 5.37. The molecule has 0 amide bonds. The SMILES string of the molecule is OCCC#Cc1cc(F)cc(CN2CCC(O)CC2)c1. The number of piperidine rings is 1. The maximum absolute atomic E-state index is 13.6. The number of halogens is 1. The average molecular weight is 277 g/mol. The van der Waals surface area contributed by atoms with Crippen molar-refractivity contribution in [3.63, 3.8) is 0 Å². The van der Waals surface area contributed by atoms with Crippen LogP contribution in [-0.2, 0) is 6.54 Å². The zero-order valence-corrected chi connectivity index (χ0v) is 11.5. The van der Waals surface area contributed by atoms with E-state index >= 15 is 0 Å². The van der Waals surface area contributed by atoms with Gasteiger partial charge in [-0.3, -0.25) is 4.90 Å². The van der Waals surface area contributed by atoms with Gasteiger partial charge in [-0.1, -0.05) is 11.8 Å². The van der Waals surface area contributed by atoms with Crippen molar-refractivity contribution in [2.24, 2.45) is 0 Å². The molecule has 1 aromatic carbocycles. The standard InChI is InChI=1S/C16H20FNO2/c17-15-10-13(3-1-2-8-19)9-14(11-15)12-18-6-4-16(20)5-7-18/h9-11,16,19-20H,2,4-8,12H2. The lowest BCUT2D eigenvalue weighted by molar-refractivity contribution is 0.0792. The minimum absolute atomic E-state index is 0.0191. The first-order chi connectivity index (χ1) is 9.67. The Bertz CT molecular complexity index is 499. The molecular formula is C16H20FNO2. The lowest BCUT2D eigenvalue weighted by Gasteiger charge is -2.29. The lowest BCUT2D eigenvalue weighted by Crippen LogP contribution is -2.35. The fourth-order valence-electron chi connectivity index (χ4n) is 2.37. The van der Waals surface area contributed by atoms with Crippen LogP contribution >= 0.6 is 0 Å². The van der Waals surface area contributed by atoms with Gasteiger partial charge in [-0.25, -0.2) is 4.39 Å². The number of benzene rings is 1. The van der Waals surface area contributed by atoms with Crippen molar-refractivity contribution in [3.05, 3.63) is 35.1 Å². The van der Waals surface area contributed by atoms with Crippen molar-refractivity contribution in [3.8, 4) is 11.8 Å². The summed E-state index contributed by atoms with van der Waals surface area (Å²) in [6.07, 6.45) is 1.76. The number of hydrogen-bond donors (Lipinski definition) is 2. The van der Waals surface area contributed by atoms with Gasteiger partial charge in [0, 0.05) is 31.6 Å². The Labute approximate surface area is 119 Å². The zero-order valence-electron chi connectivity index (χ0n) is 11.5. The van der Waals surface area contributed by atoms with Crippen LogP contribution in [0.1, 0.15) is 30.4 Å². The highest BCUT2D eigenvalue weighted by atomic mass is 19.1. The smallest absolute Gasteiger partial charge is 0.124 e. The summed E-state index contributed by atoms with van der Waals surface area (Å²) >= 11 is 0. The molecule has 0 bridgehead atoms. The van der Waals surface area contributed by atoms with E-state index in [9.17, 15) is 9.50 Å². The monoisotopic (exact) mass is 277 g/mol. The van der Waals surface area contributed by atoms with Crippen LogP contribution in [0.2, 0.25) is 0 Å². The Hall–Kier alpha value is -1.41. The number of likely N-dealkylation sites (tertiary alicyclic amines) is 1. The van der Waals surface area contributed by atoms with Gasteiger partial charge in [-0.05, 0) is 36.6 Å². The van der Waals surface area contributed by atoms with E-state index in [2.05, 4.69) is 16.7 Å². The predicted octanol–water partition coefficient (Wildman–Crippen LogP) is 1.52. The maximum Gasteiger partial charge on any atom is 0.124 e. The van der Waals surface area contributed by atoms with E-state index in [1.165, 1.54) is 12.1 Å². The molecule has 1 aliphatic rings. The summed E-state index contributed by atoms with van der Waals surface area (Å²) in [5, 5.41) is 18.2. The van der Waals surface area contributed by atoms with E-state index < -0.39 is 0 Å². The van der Waals surface area contributed by atoms with E-state index in [0.29, 0.717) is 18.5 Å². The van der Waals surface area contributed by atoms with Gasteiger partial charge in [0.25, 0.3) is 0 Å². The topological polar surface area (TPSA) is 43.7 Å². The van der Waals surface area contributed by atoms with Crippen molar-refractivity contribution in [2.45, 2.75) is 31.9 Å². The molecule has 0 unspecified atom stereocenters. The molecule has 4 heteroatoms. The van der Waals surface area contributed by atoms with Gasteiger partial charge in [-0.15, -0.1) is 0 Å². The summed E-state index contributed by atoms with van der Waals surface area (Å²) in [6.45, 7) is 2.37. The van der Waals surface area contributed by atoms with Crippen molar-refractivity contribution in [1.29, 1.82) is 0 Å². The summed E-state index contributed by atoms with van der Waals surface area (Å²) in [5.41, 5.74) is 1.54. The Morgan fingerprint density at radius 3 is 2.70 bits per heavy atom. The number of aliphatic hydroxyl groups is 2. The van der Waals surface area contributed by atoms with Gasteiger partial charge < -0.3 is 10.2 Å². The molecule has 1 saturated heterocycles. The normalized spacial score (nSPS) is 16.8. The van der Waals surface area contributed by atoms with Crippen LogP contribution in [0.4, 0.5) is 4.39 Å². The van der Waals surface area contributed by atoms with Crippen LogP contribution < -0.4 is 0 Å². The predicted molar refractivity (Wildman–Crippen MR) is 75.5 cm³/mol. The van der Waals surface area contributed by atoms with Gasteiger partial charge in [-0.2, -0.15) is 0 Å². The van der Waals surface area contributed by atoms with Gasteiger partial charge in [0.2, 0.25) is 0 Å². The average Bonchev–Trinajstić information content (AvgIpc) is 2.41. The Balaban J connectivity index is 2.02. The molecule has 0 saturated carbocycles. The second-order valence-electron chi connectivity index (χ2n) is 5.13. The van der Waals surface area contributed by atoms with Gasteiger partial charge in [0.15, 0.2) is 0 Å². The molecule has 2 N–H and O–H groups in total. The van der Waals surface area contributed by atoms with Gasteiger partial charge in [0.1, 0.15) is 5.82 Å². The molecule has 1 fully saturated rings. The largest absolute Gasteiger partial charge is 0.395 e. The summed E-state index contributed by atoms with van der Waals surface area (Å²) in [7, 11) is 0. The van der Waals surface area contributed by atoms with Gasteiger partial charge >= 0.3 is 0 Å². The van der Waals surface area contributed by atoms with E-state index in [1.54, 1.807) is 0 Å². The molecule has 1 aliphatic heterocycles. The maximum atomic E-state index is 13.6. The van der Waals surface area contributed by atoms with E-state index in [4.69, 9.17) is 5.11 Å². The Morgan fingerprint density at radius 2 is 2.00 bits per heavy atom. The fourth-order valence-corrected chi connectivity index (χ4v) is 2.37. The number of aliphatic hydroxyl groups excluding tert-OH is 2. The molecule has 3 nitrogen and oxygen atoms in total. The van der Waals surface area contributed by atoms with Crippen molar-refractivity contribution in [1.82, 2.24) is 4.90 Å². The number of nitrogens with zero attached hydrogens (tertiary/aromatic N) is 1. The molecule has 1 aromatic rings. The van der Waals surface area contributed by atoms with Crippen molar-refractivity contribution >= 4 is 0 Å². The Kier molecular flexibility index (Phi) is 5.54. The van der Waals surface area contributed by atoms with E-state index in [-0.39, 0.29) is 18.5 Å². The van der Waals surface area contributed by atoms with Crippen LogP contribution in [0.25, 0.3) is 0 Å². The molecule has 0 radical (unpaired) electrons. The molecule has 0 atom stereocenters.